The molecule has 1 aromatic heterocycles. The van der Waals surface area contributed by atoms with E-state index in [4.69, 9.17) is 5.11 Å². The lowest BCUT2D eigenvalue weighted by molar-refractivity contribution is -0.143. The Labute approximate surface area is 116 Å². The third-order valence-corrected chi connectivity index (χ3v) is 4.06. The number of aromatic nitrogens is 2. The SMILES string of the molecule is O=C(O)C1CCCN(C(=O)N2CCn3ccnc3C2)C1. The maximum Gasteiger partial charge on any atom is 0.320 e. The largest absolute Gasteiger partial charge is 0.481 e. The molecular weight excluding hydrogens is 260 g/mol. The van der Waals surface area contributed by atoms with E-state index in [9.17, 15) is 9.59 Å². The van der Waals surface area contributed by atoms with Gasteiger partial charge in [-0.2, -0.15) is 0 Å². The smallest absolute Gasteiger partial charge is 0.320 e. The summed E-state index contributed by atoms with van der Waals surface area (Å²) in [6, 6.07) is -0.0646. The normalized spacial score (nSPS) is 22.5. The van der Waals surface area contributed by atoms with Gasteiger partial charge in [-0.15, -0.1) is 0 Å². The van der Waals surface area contributed by atoms with Gasteiger partial charge in [0.25, 0.3) is 0 Å². The molecule has 1 aromatic rings. The van der Waals surface area contributed by atoms with Crippen LogP contribution in [0.2, 0.25) is 0 Å². The molecule has 7 heteroatoms. The highest BCUT2D eigenvalue weighted by Gasteiger charge is 2.31. The van der Waals surface area contributed by atoms with Crippen molar-refractivity contribution in [1.29, 1.82) is 0 Å². The number of aliphatic carboxylic acids is 1. The molecule has 7 nitrogen and oxygen atoms in total. The Morgan fingerprint density at radius 3 is 2.90 bits per heavy atom. The Bertz CT molecular complexity index is 527. The van der Waals surface area contributed by atoms with Crippen molar-refractivity contribution < 1.29 is 14.7 Å². The number of likely N-dealkylation sites (tertiary alicyclic amines) is 1. The number of urea groups is 1. The Morgan fingerprint density at radius 1 is 1.25 bits per heavy atom. The van der Waals surface area contributed by atoms with Crippen LogP contribution in [0.15, 0.2) is 12.4 Å². The number of hydrogen-bond donors (Lipinski definition) is 1. The Kier molecular flexibility index (Phi) is 3.33. The van der Waals surface area contributed by atoms with Crippen molar-refractivity contribution in [1.82, 2.24) is 19.4 Å². The van der Waals surface area contributed by atoms with Gasteiger partial charge in [-0.3, -0.25) is 4.79 Å². The van der Waals surface area contributed by atoms with E-state index < -0.39 is 11.9 Å². The zero-order valence-electron chi connectivity index (χ0n) is 11.2. The lowest BCUT2D eigenvalue weighted by atomic mass is 9.98. The quantitative estimate of drug-likeness (QED) is 0.816. The topological polar surface area (TPSA) is 78.7 Å². The molecule has 1 unspecified atom stereocenters. The summed E-state index contributed by atoms with van der Waals surface area (Å²) in [4.78, 5) is 31.2. The van der Waals surface area contributed by atoms with Crippen LogP contribution in [0.5, 0.6) is 0 Å². The summed E-state index contributed by atoms with van der Waals surface area (Å²) < 4.78 is 2.04. The molecule has 108 valence electrons. The molecule has 0 aromatic carbocycles. The van der Waals surface area contributed by atoms with Crippen LogP contribution in [0.1, 0.15) is 18.7 Å². The zero-order chi connectivity index (χ0) is 14.1. The molecule has 2 aliphatic rings. The van der Waals surface area contributed by atoms with E-state index in [2.05, 4.69) is 4.98 Å². The molecule has 3 heterocycles. The van der Waals surface area contributed by atoms with Crippen molar-refractivity contribution in [2.45, 2.75) is 25.9 Å². The first-order valence-electron chi connectivity index (χ1n) is 6.92. The molecule has 2 amide bonds. The van der Waals surface area contributed by atoms with Gasteiger partial charge in [-0.25, -0.2) is 9.78 Å². The molecule has 3 rings (SSSR count). The minimum atomic E-state index is -0.809. The van der Waals surface area contributed by atoms with Crippen molar-refractivity contribution in [3.05, 3.63) is 18.2 Å². The highest BCUT2D eigenvalue weighted by molar-refractivity contribution is 5.76. The number of piperidine rings is 1. The molecule has 0 bridgehead atoms. The number of carboxylic acids is 1. The minimum Gasteiger partial charge on any atom is -0.481 e. The second-order valence-corrected chi connectivity index (χ2v) is 5.36. The first-order valence-corrected chi connectivity index (χ1v) is 6.92. The summed E-state index contributed by atoms with van der Waals surface area (Å²) in [5.74, 6) is -0.354. The van der Waals surface area contributed by atoms with Crippen molar-refractivity contribution in [3.8, 4) is 0 Å². The van der Waals surface area contributed by atoms with Crippen molar-refractivity contribution >= 4 is 12.0 Å². The molecule has 20 heavy (non-hydrogen) atoms. The number of imidazole rings is 1. The van der Waals surface area contributed by atoms with Gasteiger partial charge >= 0.3 is 12.0 Å². The number of rotatable bonds is 1. The molecule has 0 aliphatic carbocycles. The zero-order valence-corrected chi connectivity index (χ0v) is 11.2. The van der Waals surface area contributed by atoms with Gasteiger partial charge in [0.05, 0.1) is 12.5 Å². The van der Waals surface area contributed by atoms with Gasteiger partial charge in [0.15, 0.2) is 0 Å². The average Bonchev–Trinajstić information content (AvgIpc) is 2.94. The molecule has 1 fully saturated rings. The number of hydrogen-bond acceptors (Lipinski definition) is 3. The summed E-state index contributed by atoms with van der Waals surface area (Å²) in [7, 11) is 0. The Morgan fingerprint density at radius 2 is 2.10 bits per heavy atom. The third-order valence-electron chi connectivity index (χ3n) is 4.06. The number of carbonyl (C=O) groups is 2. The fourth-order valence-corrected chi connectivity index (χ4v) is 2.89. The number of amides is 2. The monoisotopic (exact) mass is 278 g/mol. The highest BCUT2D eigenvalue weighted by atomic mass is 16.4. The van der Waals surface area contributed by atoms with Crippen molar-refractivity contribution in [2.24, 2.45) is 5.92 Å². The molecule has 0 spiro atoms. The lowest BCUT2D eigenvalue weighted by Crippen LogP contribution is -2.50. The molecule has 1 saturated heterocycles. The fourth-order valence-electron chi connectivity index (χ4n) is 2.89. The van der Waals surface area contributed by atoms with Gasteiger partial charge in [-0.1, -0.05) is 0 Å². The summed E-state index contributed by atoms with van der Waals surface area (Å²) >= 11 is 0. The lowest BCUT2D eigenvalue weighted by Gasteiger charge is -2.36. The molecule has 0 saturated carbocycles. The fraction of sp³-hybridized carbons (Fsp3) is 0.615. The third kappa shape index (κ3) is 2.35. The number of nitrogens with zero attached hydrogens (tertiary/aromatic N) is 4. The maximum absolute atomic E-state index is 12.5. The van der Waals surface area contributed by atoms with Crippen LogP contribution >= 0.6 is 0 Å². The van der Waals surface area contributed by atoms with E-state index in [1.807, 2.05) is 10.8 Å². The van der Waals surface area contributed by atoms with Crippen LogP contribution in [-0.2, 0) is 17.9 Å². The predicted octanol–water partition coefficient (Wildman–Crippen LogP) is 0.615. The highest BCUT2D eigenvalue weighted by Crippen LogP contribution is 2.20. The second-order valence-electron chi connectivity index (χ2n) is 5.36. The van der Waals surface area contributed by atoms with Crippen molar-refractivity contribution in [2.75, 3.05) is 19.6 Å². The van der Waals surface area contributed by atoms with Gasteiger partial charge in [-0.05, 0) is 12.8 Å². The molecule has 1 N–H and O–H groups in total. The van der Waals surface area contributed by atoms with Crippen LogP contribution in [0, 0.1) is 5.92 Å². The van der Waals surface area contributed by atoms with Gasteiger partial charge in [0.1, 0.15) is 5.82 Å². The first kappa shape index (κ1) is 13.0. The number of fused-ring (bicyclic) bond motifs is 1. The molecular formula is C13H18N4O3. The molecule has 2 aliphatic heterocycles. The van der Waals surface area contributed by atoms with Crippen LogP contribution < -0.4 is 0 Å². The molecule has 0 radical (unpaired) electrons. The van der Waals surface area contributed by atoms with Crippen molar-refractivity contribution in [3.63, 3.8) is 0 Å². The maximum atomic E-state index is 12.5. The number of carboxylic acid groups (broad SMARTS) is 1. The van der Waals surface area contributed by atoms with Gasteiger partial charge < -0.3 is 19.5 Å². The summed E-state index contributed by atoms with van der Waals surface area (Å²) in [6.07, 6.45) is 5.07. The van der Waals surface area contributed by atoms with Crippen LogP contribution in [0.25, 0.3) is 0 Å². The standard InChI is InChI=1S/C13H18N4O3/c18-12(19)10-2-1-4-16(8-10)13(20)17-7-6-15-5-3-14-11(15)9-17/h3,5,10H,1-2,4,6-9H2,(H,18,19). The minimum absolute atomic E-state index is 0.0646. The Balaban J connectivity index is 1.66. The van der Waals surface area contributed by atoms with E-state index in [1.165, 1.54) is 0 Å². The molecule has 1 atom stereocenters. The van der Waals surface area contributed by atoms with E-state index in [-0.39, 0.29) is 6.03 Å². The summed E-state index contributed by atoms with van der Waals surface area (Å²) in [5, 5.41) is 9.09. The summed E-state index contributed by atoms with van der Waals surface area (Å²) in [5.41, 5.74) is 0. The first-order chi connectivity index (χ1) is 9.65. The predicted molar refractivity (Wildman–Crippen MR) is 70.0 cm³/mol. The summed E-state index contributed by atoms with van der Waals surface area (Å²) in [6.45, 7) is 2.86. The van der Waals surface area contributed by atoms with E-state index in [0.717, 1.165) is 18.8 Å². The van der Waals surface area contributed by atoms with E-state index in [0.29, 0.717) is 32.6 Å². The van der Waals surface area contributed by atoms with Gasteiger partial charge in [0.2, 0.25) is 0 Å². The second kappa shape index (κ2) is 5.15. The van der Waals surface area contributed by atoms with E-state index >= 15 is 0 Å². The van der Waals surface area contributed by atoms with E-state index in [1.54, 1.807) is 16.0 Å². The average molecular weight is 278 g/mol. The van der Waals surface area contributed by atoms with Crippen LogP contribution in [0.3, 0.4) is 0 Å². The Hall–Kier alpha value is -2.05. The van der Waals surface area contributed by atoms with Crippen LogP contribution in [-0.4, -0.2) is 56.1 Å². The van der Waals surface area contributed by atoms with Crippen LogP contribution in [0.4, 0.5) is 4.79 Å². The van der Waals surface area contributed by atoms with Gasteiger partial charge in [0, 0.05) is 38.6 Å². The number of carbonyl (C=O) groups excluding carboxylic acids is 1.